The third-order valence-corrected chi connectivity index (χ3v) is 7.10. The van der Waals surface area contributed by atoms with Crippen LogP contribution < -0.4 is 0 Å². The number of hydrogen-bond acceptors (Lipinski definition) is 6. The van der Waals surface area contributed by atoms with E-state index in [9.17, 15) is 14.4 Å². The summed E-state index contributed by atoms with van der Waals surface area (Å²) >= 11 is 0. The molecule has 2 saturated carbocycles. The van der Waals surface area contributed by atoms with Crippen LogP contribution in [0.3, 0.4) is 0 Å². The van der Waals surface area contributed by atoms with Gasteiger partial charge in [-0.05, 0) is 32.1 Å². The highest BCUT2D eigenvalue weighted by Crippen LogP contribution is 2.57. The molecule has 28 heavy (non-hydrogen) atoms. The van der Waals surface area contributed by atoms with Gasteiger partial charge in [0.05, 0.1) is 17.4 Å². The van der Waals surface area contributed by atoms with Crippen LogP contribution in [-0.2, 0) is 28.6 Å². The molecule has 0 amide bonds. The minimum absolute atomic E-state index is 0.0618. The van der Waals surface area contributed by atoms with Crippen molar-refractivity contribution in [1.29, 1.82) is 0 Å². The Morgan fingerprint density at radius 1 is 1.29 bits per heavy atom. The average Bonchev–Trinajstić information content (AvgIpc) is 2.96. The minimum atomic E-state index is -0.868. The first kappa shape index (κ1) is 21.3. The third kappa shape index (κ3) is 3.38. The van der Waals surface area contributed by atoms with E-state index in [0.29, 0.717) is 19.4 Å². The van der Waals surface area contributed by atoms with E-state index in [0.717, 1.165) is 0 Å². The number of esters is 2. The van der Waals surface area contributed by atoms with Gasteiger partial charge in [-0.1, -0.05) is 27.7 Å². The molecule has 0 aromatic rings. The van der Waals surface area contributed by atoms with E-state index in [1.54, 1.807) is 0 Å². The zero-order chi connectivity index (χ0) is 20.8. The Labute approximate surface area is 167 Å². The molecule has 3 rings (SSSR count). The molecule has 0 aromatic heterocycles. The molecule has 3 fully saturated rings. The highest BCUT2D eigenvalue weighted by molar-refractivity contribution is 5.89. The fraction of sp³-hybridized carbons (Fsp3) is 0.864. The van der Waals surface area contributed by atoms with Gasteiger partial charge >= 0.3 is 11.9 Å². The summed E-state index contributed by atoms with van der Waals surface area (Å²) in [6, 6.07) is 0. The van der Waals surface area contributed by atoms with Crippen LogP contribution in [0.4, 0.5) is 0 Å². The SMILES string of the molecule is CCO[C@H]1CC(=O)[C@]2(C)[C@@H]1[C@H](C)C[C@H]1OC(=O)[C@@H](C)[C@H]1[C@@H]2OC(=O)CC(C)C. The van der Waals surface area contributed by atoms with Crippen molar-refractivity contribution in [3.63, 3.8) is 0 Å². The Hall–Kier alpha value is -1.43. The Morgan fingerprint density at radius 3 is 2.57 bits per heavy atom. The fourth-order valence-electron chi connectivity index (χ4n) is 5.90. The normalized spacial score (nSPS) is 42.8. The molecule has 158 valence electrons. The lowest BCUT2D eigenvalue weighted by molar-refractivity contribution is -0.170. The van der Waals surface area contributed by atoms with E-state index in [1.165, 1.54) is 0 Å². The van der Waals surface area contributed by atoms with Crippen LogP contribution in [0.1, 0.15) is 60.8 Å². The molecule has 0 bridgehead atoms. The first-order chi connectivity index (χ1) is 13.1. The van der Waals surface area contributed by atoms with E-state index in [1.807, 2.05) is 34.6 Å². The fourth-order valence-corrected chi connectivity index (χ4v) is 5.90. The lowest BCUT2D eigenvalue weighted by Crippen LogP contribution is -2.51. The maximum atomic E-state index is 13.3. The van der Waals surface area contributed by atoms with Gasteiger partial charge < -0.3 is 14.2 Å². The van der Waals surface area contributed by atoms with Crippen LogP contribution in [0, 0.1) is 35.0 Å². The maximum Gasteiger partial charge on any atom is 0.309 e. The second kappa shape index (κ2) is 7.77. The summed E-state index contributed by atoms with van der Waals surface area (Å²) in [6.07, 6.45) is 0.101. The molecule has 1 saturated heterocycles. The van der Waals surface area contributed by atoms with Gasteiger partial charge in [0.25, 0.3) is 0 Å². The van der Waals surface area contributed by atoms with Gasteiger partial charge in [0.15, 0.2) is 0 Å². The van der Waals surface area contributed by atoms with Gasteiger partial charge in [-0.15, -0.1) is 0 Å². The van der Waals surface area contributed by atoms with E-state index >= 15 is 0 Å². The number of Topliss-reactive ketones (excluding diaryl/α,β-unsaturated/α-hetero) is 1. The topological polar surface area (TPSA) is 78.9 Å². The number of carbonyl (C=O) groups is 3. The first-order valence-electron chi connectivity index (χ1n) is 10.7. The van der Waals surface area contributed by atoms with Gasteiger partial charge in [0.2, 0.25) is 0 Å². The molecule has 0 spiro atoms. The number of fused-ring (bicyclic) bond motifs is 2. The Bertz CT molecular complexity index is 643. The monoisotopic (exact) mass is 394 g/mol. The molecule has 0 radical (unpaired) electrons. The number of ether oxygens (including phenoxy) is 3. The van der Waals surface area contributed by atoms with Gasteiger partial charge in [0.1, 0.15) is 18.0 Å². The summed E-state index contributed by atoms with van der Waals surface area (Å²) in [5, 5.41) is 0. The maximum absolute atomic E-state index is 13.3. The predicted octanol–water partition coefficient (Wildman–Crippen LogP) is 3.16. The molecule has 0 aromatic carbocycles. The van der Waals surface area contributed by atoms with Crippen molar-refractivity contribution < 1.29 is 28.6 Å². The number of hydrogen-bond donors (Lipinski definition) is 0. The lowest BCUT2D eigenvalue weighted by atomic mass is 9.66. The van der Waals surface area contributed by atoms with Crippen LogP contribution >= 0.6 is 0 Å². The van der Waals surface area contributed by atoms with Crippen molar-refractivity contribution in [3.05, 3.63) is 0 Å². The summed E-state index contributed by atoms with van der Waals surface area (Å²) in [5.41, 5.74) is -0.868. The predicted molar refractivity (Wildman–Crippen MR) is 102 cm³/mol. The van der Waals surface area contributed by atoms with Crippen LogP contribution in [0.5, 0.6) is 0 Å². The molecular formula is C22H34O6. The van der Waals surface area contributed by atoms with Gasteiger partial charge in [-0.2, -0.15) is 0 Å². The highest BCUT2D eigenvalue weighted by Gasteiger charge is 2.66. The molecule has 6 nitrogen and oxygen atoms in total. The average molecular weight is 395 g/mol. The quantitative estimate of drug-likeness (QED) is 0.667. The van der Waals surface area contributed by atoms with E-state index in [4.69, 9.17) is 14.2 Å². The molecule has 8 atom stereocenters. The molecule has 1 heterocycles. The molecule has 6 heteroatoms. The van der Waals surface area contributed by atoms with E-state index in [2.05, 4.69) is 6.92 Å². The molecule has 2 aliphatic carbocycles. The Morgan fingerprint density at radius 2 is 1.96 bits per heavy atom. The third-order valence-electron chi connectivity index (χ3n) is 7.10. The zero-order valence-corrected chi connectivity index (χ0v) is 17.9. The Balaban J connectivity index is 2.04. The van der Waals surface area contributed by atoms with Crippen LogP contribution in [0.2, 0.25) is 0 Å². The van der Waals surface area contributed by atoms with Crippen molar-refractivity contribution in [2.24, 2.45) is 35.0 Å². The van der Waals surface area contributed by atoms with Crippen molar-refractivity contribution in [2.75, 3.05) is 6.61 Å². The Kier molecular flexibility index (Phi) is 5.91. The molecule has 0 unspecified atom stereocenters. The summed E-state index contributed by atoms with van der Waals surface area (Å²) in [7, 11) is 0. The van der Waals surface area contributed by atoms with E-state index < -0.39 is 17.4 Å². The zero-order valence-electron chi connectivity index (χ0n) is 17.9. The second-order valence-electron chi connectivity index (χ2n) is 9.49. The van der Waals surface area contributed by atoms with Gasteiger partial charge in [-0.3, -0.25) is 14.4 Å². The standard InChI is InChI=1S/C22H34O6/c1-7-26-15-10-16(23)22(6)19(15)12(4)9-14-18(13(5)21(25)27-14)20(22)28-17(24)8-11(2)3/h11-15,18-20H,7-10H2,1-6H3/t12-,13+,14-,15+,18-,19-,20+,22-/m1/s1. The van der Waals surface area contributed by atoms with Gasteiger partial charge in [0, 0.05) is 31.3 Å². The second-order valence-corrected chi connectivity index (χ2v) is 9.49. The lowest BCUT2D eigenvalue weighted by Gasteiger charge is -2.41. The van der Waals surface area contributed by atoms with E-state index in [-0.39, 0.29) is 60.0 Å². The minimum Gasteiger partial charge on any atom is -0.462 e. The molecule has 3 aliphatic rings. The summed E-state index contributed by atoms with van der Waals surface area (Å²) < 4.78 is 17.7. The van der Waals surface area contributed by atoms with Crippen molar-refractivity contribution in [3.8, 4) is 0 Å². The highest BCUT2D eigenvalue weighted by atomic mass is 16.6. The summed E-state index contributed by atoms with van der Waals surface area (Å²) in [6.45, 7) is 12.2. The van der Waals surface area contributed by atoms with Crippen molar-refractivity contribution in [2.45, 2.75) is 79.1 Å². The van der Waals surface area contributed by atoms with Gasteiger partial charge in [-0.25, -0.2) is 0 Å². The van der Waals surface area contributed by atoms with Crippen LogP contribution in [0.15, 0.2) is 0 Å². The van der Waals surface area contributed by atoms with Crippen LogP contribution in [-0.4, -0.2) is 42.6 Å². The van der Waals surface area contributed by atoms with Crippen molar-refractivity contribution in [1.82, 2.24) is 0 Å². The molecule has 0 N–H and O–H groups in total. The largest absolute Gasteiger partial charge is 0.462 e. The summed E-state index contributed by atoms with van der Waals surface area (Å²) in [4.78, 5) is 38.3. The molecule has 1 aliphatic heterocycles. The summed E-state index contributed by atoms with van der Waals surface area (Å²) in [5.74, 6) is -0.994. The number of ketones is 1. The smallest absolute Gasteiger partial charge is 0.309 e. The number of rotatable bonds is 5. The first-order valence-corrected chi connectivity index (χ1v) is 10.7. The molecular weight excluding hydrogens is 360 g/mol. The van der Waals surface area contributed by atoms with Crippen molar-refractivity contribution >= 4 is 17.7 Å². The number of carbonyl (C=O) groups excluding carboxylic acids is 3. The van der Waals surface area contributed by atoms with Crippen LogP contribution in [0.25, 0.3) is 0 Å².